The van der Waals surface area contributed by atoms with Crippen molar-refractivity contribution >= 4 is 0 Å². The van der Waals surface area contributed by atoms with Crippen LogP contribution in [0, 0.1) is 24.5 Å². The van der Waals surface area contributed by atoms with Gasteiger partial charge in [0.05, 0.1) is 6.10 Å². The highest BCUT2D eigenvalue weighted by Crippen LogP contribution is 2.21. The largest absolute Gasteiger partial charge is 0.392 e. The van der Waals surface area contributed by atoms with Crippen LogP contribution in [0.1, 0.15) is 50.8 Å². The Bertz CT molecular complexity index is 433. The first-order chi connectivity index (χ1) is 9.40. The molecule has 1 aromatic carbocycles. The third kappa shape index (κ3) is 4.25. The van der Waals surface area contributed by atoms with E-state index in [1.807, 2.05) is 13.8 Å². The highest BCUT2D eigenvalue weighted by atomic mass is 19.1. The van der Waals surface area contributed by atoms with E-state index in [2.05, 4.69) is 5.32 Å². The van der Waals surface area contributed by atoms with Crippen molar-refractivity contribution < 1.29 is 13.9 Å². The van der Waals surface area contributed by atoms with Crippen molar-refractivity contribution in [1.82, 2.24) is 5.32 Å². The summed E-state index contributed by atoms with van der Waals surface area (Å²) in [6.45, 7) is 7.76. The van der Waals surface area contributed by atoms with Crippen LogP contribution in [0.5, 0.6) is 0 Å². The quantitative estimate of drug-likeness (QED) is 0.800. The van der Waals surface area contributed by atoms with Crippen molar-refractivity contribution in [1.29, 1.82) is 0 Å². The van der Waals surface area contributed by atoms with Crippen molar-refractivity contribution in [2.24, 2.45) is 5.92 Å². The van der Waals surface area contributed by atoms with Crippen molar-refractivity contribution in [2.45, 2.75) is 52.7 Å². The first kappa shape index (κ1) is 17.1. The Kier molecular flexibility index (Phi) is 6.56. The zero-order valence-electron chi connectivity index (χ0n) is 12.7. The van der Waals surface area contributed by atoms with Crippen LogP contribution in [-0.4, -0.2) is 17.8 Å². The second-order valence-electron chi connectivity index (χ2n) is 5.40. The lowest BCUT2D eigenvalue weighted by Crippen LogP contribution is -2.34. The van der Waals surface area contributed by atoms with E-state index < -0.39 is 17.7 Å². The number of nitrogens with one attached hydrogen (secondary N) is 1. The van der Waals surface area contributed by atoms with E-state index in [9.17, 15) is 13.9 Å². The average Bonchev–Trinajstić information content (AvgIpc) is 2.41. The summed E-state index contributed by atoms with van der Waals surface area (Å²) in [5.41, 5.74) is 0.598. The van der Waals surface area contributed by atoms with Gasteiger partial charge < -0.3 is 10.4 Å². The van der Waals surface area contributed by atoms with E-state index in [1.165, 1.54) is 19.1 Å². The minimum absolute atomic E-state index is 0.231. The molecule has 1 rings (SSSR count). The van der Waals surface area contributed by atoms with Crippen LogP contribution in [0.3, 0.4) is 0 Å². The van der Waals surface area contributed by atoms with Crippen LogP contribution in [0.4, 0.5) is 8.78 Å². The number of rotatable bonds is 7. The summed E-state index contributed by atoms with van der Waals surface area (Å²) in [5.74, 6) is -0.592. The molecule has 0 aliphatic rings. The van der Waals surface area contributed by atoms with Crippen LogP contribution >= 0.6 is 0 Å². The van der Waals surface area contributed by atoms with E-state index in [1.54, 1.807) is 6.92 Å². The number of aryl methyl sites for hydroxylation is 1. The highest BCUT2D eigenvalue weighted by Gasteiger charge is 2.18. The third-order valence-electron chi connectivity index (χ3n) is 3.97. The molecule has 114 valence electrons. The third-order valence-corrected chi connectivity index (χ3v) is 3.97. The maximum atomic E-state index is 13.8. The molecule has 0 aliphatic heterocycles. The summed E-state index contributed by atoms with van der Waals surface area (Å²) in [7, 11) is 0. The van der Waals surface area contributed by atoms with Crippen LogP contribution in [0.2, 0.25) is 0 Å². The summed E-state index contributed by atoms with van der Waals surface area (Å²) in [4.78, 5) is 0. The van der Waals surface area contributed by atoms with E-state index in [4.69, 9.17) is 0 Å². The molecular formula is C16H25F2NO. The Morgan fingerprint density at radius 3 is 2.30 bits per heavy atom. The van der Waals surface area contributed by atoms with Gasteiger partial charge in [-0.2, -0.15) is 0 Å². The molecule has 20 heavy (non-hydrogen) atoms. The Morgan fingerprint density at radius 2 is 1.75 bits per heavy atom. The predicted octanol–water partition coefficient (Wildman–Crippen LogP) is 3.72. The van der Waals surface area contributed by atoms with Crippen molar-refractivity contribution in [3.63, 3.8) is 0 Å². The summed E-state index contributed by atoms with van der Waals surface area (Å²) >= 11 is 0. The standard InChI is InChI=1S/C16H25F2NO/c1-5-12(6-2)16(20)9-19-11(4)13-8-14(17)10(3)7-15(13)18/h7-8,11-12,16,19-20H,5-6,9H2,1-4H3. The molecular weight excluding hydrogens is 260 g/mol. The van der Waals surface area contributed by atoms with Gasteiger partial charge in [-0.25, -0.2) is 8.78 Å². The number of hydrogen-bond acceptors (Lipinski definition) is 2. The normalized spacial score (nSPS) is 14.6. The minimum atomic E-state index is -0.467. The SMILES string of the molecule is CCC(CC)C(O)CNC(C)c1cc(F)c(C)cc1F. The number of hydrogen-bond donors (Lipinski definition) is 2. The van der Waals surface area contributed by atoms with Gasteiger partial charge in [-0.3, -0.25) is 0 Å². The topological polar surface area (TPSA) is 32.3 Å². The smallest absolute Gasteiger partial charge is 0.128 e. The van der Waals surface area contributed by atoms with Crippen molar-refractivity contribution in [3.05, 3.63) is 34.9 Å². The van der Waals surface area contributed by atoms with Crippen LogP contribution in [0.25, 0.3) is 0 Å². The fourth-order valence-corrected chi connectivity index (χ4v) is 2.40. The molecule has 0 radical (unpaired) electrons. The molecule has 0 aromatic heterocycles. The lowest BCUT2D eigenvalue weighted by atomic mass is 9.96. The highest BCUT2D eigenvalue weighted by molar-refractivity contribution is 5.27. The van der Waals surface area contributed by atoms with Gasteiger partial charge in [-0.05, 0) is 37.5 Å². The Labute approximate surface area is 120 Å². The fourth-order valence-electron chi connectivity index (χ4n) is 2.40. The Morgan fingerprint density at radius 1 is 1.15 bits per heavy atom. The van der Waals surface area contributed by atoms with Gasteiger partial charge in [0.2, 0.25) is 0 Å². The Balaban J connectivity index is 2.68. The Hall–Kier alpha value is -1.00. The molecule has 0 bridgehead atoms. The summed E-state index contributed by atoms with van der Waals surface area (Å²) in [5, 5.41) is 13.1. The van der Waals surface area contributed by atoms with Gasteiger partial charge in [0.25, 0.3) is 0 Å². The number of aliphatic hydroxyl groups is 1. The molecule has 0 saturated carbocycles. The summed E-state index contributed by atoms with van der Waals surface area (Å²) in [6.07, 6.45) is 1.34. The first-order valence-electron chi connectivity index (χ1n) is 7.27. The molecule has 0 heterocycles. The van der Waals surface area contributed by atoms with Crippen LogP contribution < -0.4 is 5.32 Å². The maximum absolute atomic E-state index is 13.8. The molecule has 0 saturated heterocycles. The molecule has 2 nitrogen and oxygen atoms in total. The van der Waals surface area contributed by atoms with E-state index >= 15 is 0 Å². The van der Waals surface area contributed by atoms with Gasteiger partial charge in [0.1, 0.15) is 11.6 Å². The zero-order chi connectivity index (χ0) is 15.3. The first-order valence-corrected chi connectivity index (χ1v) is 7.27. The second kappa shape index (κ2) is 7.70. The van der Waals surface area contributed by atoms with Crippen molar-refractivity contribution in [2.75, 3.05) is 6.54 Å². The molecule has 0 aliphatic carbocycles. The van der Waals surface area contributed by atoms with Gasteiger partial charge in [0.15, 0.2) is 0 Å². The molecule has 4 heteroatoms. The number of halogens is 2. The van der Waals surface area contributed by atoms with Gasteiger partial charge in [-0.1, -0.05) is 26.7 Å². The molecule has 1 aromatic rings. The summed E-state index contributed by atoms with van der Waals surface area (Å²) in [6, 6.07) is 2.10. The lowest BCUT2D eigenvalue weighted by molar-refractivity contribution is 0.0987. The molecule has 0 amide bonds. The molecule has 2 unspecified atom stereocenters. The van der Waals surface area contributed by atoms with E-state index in [0.717, 1.165) is 12.8 Å². The maximum Gasteiger partial charge on any atom is 0.128 e. The minimum Gasteiger partial charge on any atom is -0.392 e. The summed E-state index contributed by atoms with van der Waals surface area (Å²) < 4.78 is 27.3. The predicted molar refractivity (Wildman–Crippen MR) is 77.6 cm³/mol. The van der Waals surface area contributed by atoms with E-state index in [-0.39, 0.29) is 12.0 Å². The van der Waals surface area contributed by atoms with Gasteiger partial charge in [-0.15, -0.1) is 0 Å². The second-order valence-corrected chi connectivity index (χ2v) is 5.40. The fraction of sp³-hybridized carbons (Fsp3) is 0.625. The number of benzene rings is 1. The zero-order valence-corrected chi connectivity index (χ0v) is 12.7. The number of aliphatic hydroxyl groups excluding tert-OH is 1. The molecule has 0 spiro atoms. The molecule has 2 N–H and O–H groups in total. The van der Waals surface area contributed by atoms with Gasteiger partial charge >= 0.3 is 0 Å². The lowest BCUT2D eigenvalue weighted by Gasteiger charge is -2.23. The van der Waals surface area contributed by atoms with Crippen molar-refractivity contribution in [3.8, 4) is 0 Å². The van der Waals surface area contributed by atoms with Crippen LogP contribution in [-0.2, 0) is 0 Å². The van der Waals surface area contributed by atoms with Gasteiger partial charge in [0, 0.05) is 18.2 Å². The van der Waals surface area contributed by atoms with E-state index in [0.29, 0.717) is 17.7 Å². The average molecular weight is 285 g/mol. The van der Waals surface area contributed by atoms with Crippen LogP contribution in [0.15, 0.2) is 12.1 Å². The monoisotopic (exact) mass is 285 g/mol. The molecule has 0 fully saturated rings. The molecule has 2 atom stereocenters.